The molecule has 1 aliphatic rings. The Morgan fingerprint density at radius 3 is 2.76 bits per heavy atom. The summed E-state index contributed by atoms with van der Waals surface area (Å²) in [5.41, 5.74) is 5.63. The van der Waals surface area contributed by atoms with Crippen LogP contribution in [0.5, 0.6) is 0 Å². The number of rotatable bonds is 5. The fourth-order valence-corrected chi connectivity index (χ4v) is 3.49. The van der Waals surface area contributed by atoms with Crippen LogP contribution in [0.15, 0.2) is 47.0 Å². The van der Waals surface area contributed by atoms with E-state index in [-0.39, 0.29) is 6.04 Å². The monoisotopic (exact) mass is 352 g/mol. The third-order valence-electron chi connectivity index (χ3n) is 4.09. The third kappa shape index (κ3) is 3.93. The number of para-hydroxylation sites is 1. The van der Waals surface area contributed by atoms with Crippen LogP contribution in [0.1, 0.15) is 44.9 Å². The maximum Gasteiger partial charge on any atom is 0.159 e. The van der Waals surface area contributed by atoms with E-state index in [0.717, 1.165) is 39.9 Å². The lowest BCUT2D eigenvalue weighted by Crippen LogP contribution is -2.05. The van der Waals surface area contributed by atoms with Crippen molar-refractivity contribution in [1.29, 1.82) is 0 Å². The zero-order chi connectivity index (χ0) is 18.0. The van der Waals surface area contributed by atoms with Crippen LogP contribution in [0.4, 0.5) is 11.5 Å². The van der Waals surface area contributed by atoms with Crippen molar-refractivity contribution >= 4 is 39.6 Å². The average Bonchev–Trinajstić information content (AvgIpc) is 3.16. The molecule has 0 saturated heterocycles. The molecule has 1 aromatic heterocycles. The predicted octanol–water partition coefficient (Wildman–Crippen LogP) is 5.61. The zero-order valence-corrected chi connectivity index (χ0v) is 16.1. The Hall–Kier alpha value is -2.14. The number of allylic oxidation sites excluding steroid dienone is 1. The van der Waals surface area contributed by atoms with Gasteiger partial charge in [0.05, 0.1) is 16.9 Å². The number of fused-ring (bicyclic) bond motifs is 1. The standard InChI is InChI=1S/C20H24N4S/c1-13(2)18-11-21-24(14(3)4)20(18)22-15(5)25-12-17-10-16-8-6-7-9-19(16)23-17/h6-9,11,14H,1,10,12H2,2-5H3/b22-15+. The molecule has 0 N–H and O–H groups in total. The summed E-state index contributed by atoms with van der Waals surface area (Å²) in [5, 5.41) is 5.49. The van der Waals surface area contributed by atoms with E-state index in [1.807, 2.05) is 30.8 Å². The number of hydrogen-bond acceptors (Lipinski definition) is 4. The minimum Gasteiger partial charge on any atom is -0.256 e. The van der Waals surface area contributed by atoms with E-state index in [1.165, 1.54) is 11.3 Å². The molecule has 0 aliphatic carbocycles. The molecule has 3 rings (SSSR count). The largest absolute Gasteiger partial charge is 0.256 e. The van der Waals surface area contributed by atoms with Gasteiger partial charge in [0.15, 0.2) is 5.82 Å². The van der Waals surface area contributed by atoms with Crippen molar-refractivity contribution in [3.8, 4) is 0 Å². The first-order chi connectivity index (χ1) is 12.0. The van der Waals surface area contributed by atoms with Gasteiger partial charge in [0.1, 0.15) is 0 Å². The quantitative estimate of drug-likeness (QED) is 0.518. The van der Waals surface area contributed by atoms with Crippen molar-refractivity contribution in [2.45, 2.75) is 40.2 Å². The van der Waals surface area contributed by atoms with E-state index in [0.29, 0.717) is 0 Å². The summed E-state index contributed by atoms with van der Waals surface area (Å²) in [4.78, 5) is 9.56. The van der Waals surface area contributed by atoms with Gasteiger partial charge in [0.2, 0.25) is 0 Å². The lowest BCUT2D eigenvalue weighted by atomic mass is 10.1. The number of thioether (sulfide) groups is 1. The molecule has 0 fully saturated rings. The Balaban J connectivity index is 1.73. The summed E-state index contributed by atoms with van der Waals surface area (Å²) in [6, 6.07) is 8.60. The first-order valence-electron chi connectivity index (χ1n) is 8.51. The molecule has 0 bridgehead atoms. The smallest absolute Gasteiger partial charge is 0.159 e. The van der Waals surface area contributed by atoms with Gasteiger partial charge in [0.25, 0.3) is 0 Å². The summed E-state index contributed by atoms with van der Waals surface area (Å²) in [5.74, 6) is 1.76. The highest BCUT2D eigenvalue weighted by Gasteiger charge is 2.16. The van der Waals surface area contributed by atoms with E-state index >= 15 is 0 Å². The van der Waals surface area contributed by atoms with Gasteiger partial charge in [0, 0.05) is 29.5 Å². The molecule has 0 spiro atoms. The van der Waals surface area contributed by atoms with Crippen molar-refractivity contribution < 1.29 is 0 Å². The first kappa shape index (κ1) is 17.7. The first-order valence-corrected chi connectivity index (χ1v) is 9.50. The molecule has 0 unspecified atom stereocenters. The summed E-state index contributed by atoms with van der Waals surface area (Å²) in [7, 11) is 0. The Labute approximate surface area is 153 Å². The van der Waals surface area contributed by atoms with Crippen molar-refractivity contribution in [3.05, 3.63) is 48.2 Å². The maximum atomic E-state index is 4.84. The Morgan fingerprint density at radius 1 is 1.32 bits per heavy atom. The maximum absolute atomic E-state index is 4.84. The number of aliphatic imine (C=N–C) groups is 2. The normalized spacial score (nSPS) is 14.0. The van der Waals surface area contributed by atoms with Crippen LogP contribution >= 0.6 is 11.8 Å². The minimum absolute atomic E-state index is 0.262. The van der Waals surface area contributed by atoms with Gasteiger partial charge >= 0.3 is 0 Å². The fourth-order valence-electron chi connectivity index (χ4n) is 2.80. The highest BCUT2D eigenvalue weighted by atomic mass is 32.2. The molecule has 1 aromatic carbocycles. The topological polar surface area (TPSA) is 42.5 Å². The average molecular weight is 353 g/mol. The number of benzene rings is 1. The van der Waals surface area contributed by atoms with Gasteiger partial charge < -0.3 is 0 Å². The van der Waals surface area contributed by atoms with Crippen LogP contribution in [0.3, 0.4) is 0 Å². The van der Waals surface area contributed by atoms with Gasteiger partial charge in [-0.1, -0.05) is 24.8 Å². The summed E-state index contributed by atoms with van der Waals surface area (Å²) in [6.45, 7) is 12.3. The van der Waals surface area contributed by atoms with Gasteiger partial charge in [-0.2, -0.15) is 5.10 Å². The van der Waals surface area contributed by atoms with E-state index in [9.17, 15) is 0 Å². The molecule has 0 amide bonds. The van der Waals surface area contributed by atoms with Gasteiger partial charge in [-0.25, -0.2) is 9.67 Å². The molecule has 2 aromatic rings. The predicted molar refractivity (Wildman–Crippen MR) is 110 cm³/mol. The van der Waals surface area contributed by atoms with Crippen molar-refractivity contribution in [1.82, 2.24) is 9.78 Å². The summed E-state index contributed by atoms with van der Waals surface area (Å²) in [6.07, 6.45) is 2.80. The molecule has 4 nitrogen and oxygen atoms in total. The van der Waals surface area contributed by atoms with Crippen LogP contribution in [0, 0.1) is 0 Å². The molecule has 0 atom stereocenters. The molecule has 2 heterocycles. The number of aromatic nitrogens is 2. The van der Waals surface area contributed by atoms with E-state index in [4.69, 9.17) is 9.98 Å². The minimum atomic E-state index is 0.262. The molecule has 25 heavy (non-hydrogen) atoms. The molecular weight excluding hydrogens is 328 g/mol. The third-order valence-corrected chi connectivity index (χ3v) is 5.08. The summed E-state index contributed by atoms with van der Waals surface area (Å²) >= 11 is 1.73. The highest BCUT2D eigenvalue weighted by Crippen LogP contribution is 2.30. The lowest BCUT2D eigenvalue weighted by molar-refractivity contribution is 0.537. The Bertz CT molecular complexity index is 858. The van der Waals surface area contributed by atoms with E-state index in [1.54, 1.807) is 11.8 Å². The molecular formula is C20H24N4S. The number of nitrogens with zero attached hydrogens (tertiary/aromatic N) is 4. The fraction of sp³-hybridized carbons (Fsp3) is 0.350. The molecule has 1 aliphatic heterocycles. The van der Waals surface area contributed by atoms with Crippen molar-refractivity contribution in [2.24, 2.45) is 9.98 Å². The Kier molecular flexibility index (Phi) is 5.23. The second-order valence-electron chi connectivity index (χ2n) is 6.60. The van der Waals surface area contributed by atoms with Crippen LogP contribution in [0.25, 0.3) is 5.57 Å². The Morgan fingerprint density at radius 2 is 2.08 bits per heavy atom. The van der Waals surface area contributed by atoms with Gasteiger partial charge in [-0.15, -0.1) is 11.8 Å². The van der Waals surface area contributed by atoms with E-state index < -0.39 is 0 Å². The van der Waals surface area contributed by atoms with Crippen molar-refractivity contribution in [2.75, 3.05) is 5.75 Å². The molecule has 0 radical (unpaired) electrons. The van der Waals surface area contributed by atoms with Crippen molar-refractivity contribution in [3.63, 3.8) is 0 Å². The lowest BCUT2D eigenvalue weighted by Gasteiger charge is -2.10. The van der Waals surface area contributed by atoms with Crippen LogP contribution in [-0.2, 0) is 6.42 Å². The van der Waals surface area contributed by atoms with Crippen LogP contribution in [-0.4, -0.2) is 26.3 Å². The molecule has 130 valence electrons. The highest BCUT2D eigenvalue weighted by molar-refractivity contribution is 8.14. The summed E-state index contributed by atoms with van der Waals surface area (Å²) < 4.78 is 1.96. The van der Waals surface area contributed by atoms with Crippen LogP contribution in [0.2, 0.25) is 0 Å². The zero-order valence-electron chi connectivity index (χ0n) is 15.3. The van der Waals surface area contributed by atoms with E-state index in [2.05, 4.69) is 43.7 Å². The second kappa shape index (κ2) is 7.40. The SMILES string of the molecule is C=C(C)c1cnn(C(C)C)c1/N=C(\C)SCC1=Nc2ccccc2C1. The molecule has 0 saturated carbocycles. The van der Waals surface area contributed by atoms with Gasteiger partial charge in [-0.3, -0.25) is 4.99 Å². The van der Waals surface area contributed by atoms with Gasteiger partial charge in [-0.05, 0) is 44.9 Å². The molecule has 5 heteroatoms. The van der Waals surface area contributed by atoms with Crippen LogP contribution < -0.4 is 0 Å². The number of hydrogen-bond donors (Lipinski definition) is 0. The second-order valence-corrected chi connectivity index (χ2v) is 7.77.